The number of carbonyl (C=O) groups is 1. The van der Waals surface area contributed by atoms with Crippen LogP contribution in [0.4, 0.5) is 5.13 Å². The van der Waals surface area contributed by atoms with Gasteiger partial charge < -0.3 is 14.2 Å². The molecule has 0 aliphatic carbocycles. The molecule has 2 aromatic carbocycles. The Morgan fingerprint density at radius 1 is 1.21 bits per heavy atom. The van der Waals surface area contributed by atoms with Gasteiger partial charge in [-0.05, 0) is 42.8 Å². The Kier molecular flexibility index (Phi) is 5.43. The van der Waals surface area contributed by atoms with Crippen molar-refractivity contribution in [1.29, 1.82) is 0 Å². The van der Waals surface area contributed by atoms with Gasteiger partial charge in [-0.15, -0.1) is 11.3 Å². The van der Waals surface area contributed by atoms with Crippen LogP contribution in [-0.4, -0.2) is 24.1 Å². The number of nitrogens with zero attached hydrogens (tertiary/aromatic N) is 1. The number of benzene rings is 2. The predicted octanol–water partition coefficient (Wildman–Crippen LogP) is 4.70. The molecule has 1 aliphatic heterocycles. The molecule has 0 saturated carbocycles. The van der Waals surface area contributed by atoms with E-state index >= 15 is 0 Å². The second kappa shape index (κ2) is 8.31. The highest BCUT2D eigenvalue weighted by molar-refractivity contribution is 7.14. The summed E-state index contributed by atoms with van der Waals surface area (Å²) in [5.74, 6) is 1.97. The monoisotopic (exact) mass is 396 g/mol. The third kappa shape index (κ3) is 4.09. The fourth-order valence-electron chi connectivity index (χ4n) is 2.75. The van der Waals surface area contributed by atoms with Crippen LogP contribution in [0.1, 0.15) is 35.5 Å². The molecular weight excluding hydrogens is 376 g/mol. The van der Waals surface area contributed by atoms with Crippen molar-refractivity contribution in [3.05, 3.63) is 65.2 Å². The highest BCUT2D eigenvalue weighted by atomic mass is 32.1. The Balaban J connectivity index is 1.39. The van der Waals surface area contributed by atoms with Crippen molar-refractivity contribution in [1.82, 2.24) is 4.98 Å². The Hall–Kier alpha value is -3.06. The first-order valence-corrected chi connectivity index (χ1v) is 9.99. The zero-order valence-corrected chi connectivity index (χ0v) is 16.2. The molecule has 0 unspecified atom stereocenters. The standard InChI is InChI=1S/C21H20N2O4S/c1-2-11-25-15-9-7-14(8-10-15)20(24)23-21-22-16(13-28-21)19-12-26-17-5-3-4-6-18(17)27-19/h3-10,13,19H,2,11-12H2,1H3,(H,22,23,24)/t19-/m0/s1. The first-order valence-electron chi connectivity index (χ1n) is 9.11. The summed E-state index contributed by atoms with van der Waals surface area (Å²) in [5, 5.41) is 5.23. The number of anilines is 1. The lowest BCUT2D eigenvalue weighted by Gasteiger charge is -2.25. The zero-order valence-electron chi connectivity index (χ0n) is 15.4. The maximum absolute atomic E-state index is 12.4. The SMILES string of the molecule is CCCOc1ccc(C(=O)Nc2nc([C@@H]3COc4ccccc4O3)cs2)cc1. The summed E-state index contributed by atoms with van der Waals surface area (Å²) in [6.45, 7) is 3.09. The van der Waals surface area contributed by atoms with Crippen LogP contribution in [0.25, 0.3) is 0 Å². The number of fused-ring (bicyclic) bond motifs is 1. The topological polar surface area (TPSA) is 69.7 Å². The minimum atomic E-state index is -0.299. The number of aromatic nitrogens is 1. The number of hydrogen-bond acceptors (Lipinski definition) is 6. The highest BCUT2D eigenvalue weighted by Crippen LogP contribution is 2.36. The molecule has 2 heterocycles. The second-order valence-electron chi connectivity index (χ2n) is 6.27. The summed E-state index contributed by atoms with van der Waals surface area (Å²) < 4.78 is 17.2. The Morgan fingerprint density at radius 2 is 2.00 bits per heavy atom. The molecular formula is C21H20N2O4S. The van der Waals surface area contributed by atoms with E-state index in [2.05, 4.69) is 10.3 Å². The van der Waals surface area contributed by atoms with Crippen LogP contribution in [0.5, 0.6) is 17.2 Å². The van der Waals surface area contributed by atoms with Crippen LogP contribution >= 0.6 is 11.3 Å². The third-order valence-corrected chi connectivity index (χ3v) is 4.95. The van der Waals surface area contributed by atoms with Crippen molar-refractivity contribution in [2.45, 2.75) is 19.4 Å². The van der Waals surface area contributed by atoms with Gasteiger partial charge in [0.25, 0.3) is 5.91 Å². The van der Waals surface area contributed by atoms with E-state index in [1.54, 1.807) is 24.3 Å². The maximum Gasteiger partial charge on any atom is 0.257 e. The van der Waals surface area contributed by atoms with E-state index in [0.29, 0.717) is 29.7 Å². The molecule has 1 N–H and O–H groups in total. The molecule has 28 heavy (non-hydrogen) atoms. The molecule has 0 saturated heterocycles. The van der Waals surface area contributed by atoms with Gasteiger partial charge in [0.1, 0.15) is 12.4 Å². The van der Waals surface area contributed by atoms with E-state index < -0.39 is 0 Å². The largest absolute Gasteiger partial charge is 0.494 e. The first-order chi connectivity index (χ1) is 13.7. The second-order valence-corrected chi connectivity index (χ2v) is 7.13. The summed E-state index contributed by atoms with van der Waals surface area (Å²) in [4.78, 5) is 16.9. The van der Waals surface area contributed by atoms with Crippen molar-refractivity contribution in [2.75, 3.05) is 18.5 Å². The van der Waals surface area contributed by atoms with Gasteiger partial charge in [0.2, 0.25) is 0 Å². The number of hydrogen-bond donors (Lipinski definition) is 1. The Morgan fingerprint density at radius 3 is 2.79 bits per heavy atom. The number of thiazole rings is 1. The van der Waals surface area contributed by atoms with Crippen LogP contribution < -0.4 is 19.5 Å². The fourth-order valence-corrected chi connectivity index (χ4v) is 3.50. The fraction of sp³-hybridized carbons (Fsp3) is 0.238. The number of para-hydroxylation sites is 2. The van der Waals surface area contributed by atoms with Crippen LogP contribution in [0.3, 0.4) is 0 Å². The van der Waals surface area contributed by atoms with E-state index in [4.69, 9.17) is 14.2 Å². The van der Waals surface area contributed by atoms with Crippen LogP contribution in [-0.2, 0) is 0 Å². The molecule has 6 nitrogen and oxygen atoms in total. The van der Waals surface area contributed by atoms with Crippen molar-refractivity contribution in [2.24, 2.45) is 0 Å². The van der Waals surface area contributed by atoms with Crippen LogP contribution in [0.2, 0.25) is 0 Å². The van der Waals surface area contributed by atoms with Gasteiger partial charge in [-0.25, -0.2) is 4.98 Å². The molecule has 1 amide bonds. The van der Waals surface area contributed by atoms with Gasteiger partial charge in [0.15, 0.2) is 22.7 Å². The van der Waals surface area contributed by atoms with Crippen molar-refractivity contribution in [3.8, 4) is 17.2 Å². The predicted molar refractivity (Wildman–Crippen MR) is 108 cm³/mol. The van der Waals surface area contributed by atoms with E-state index in [1.807, 2.05) is 36.6 Å². The zero-order chi connectivity index (χ0) is 19.3. The van der Waals surface area contributed by atoms with Crippen molar-refractivity contribution >= 4 is 22.4 Å². The van der Waals surface area contributed by atoms with Crippen molar-refractivity contribution in [3.63, 3.8) is 0 Å². The lowest BCUT2D eigenvalue weighted by molar-refractivity contribution is 0.0888. The maximum atomic E-state index is 12.4. The average molecular weight is 396 g/mol. The lowest BCUT2D eigenvalue weighted by Crippen LogP contribution is -2.22. The van der Waals surface area contributed by atoms with Crippen LogP contribution in [0, 0.1) is 0 Å². The summed E-state index contributed by atoms with van der Waals surface area (Å²) in [5.41, 5.74) is 1.28. The van der Waals surface area contributed by atoms with Gasteiger partial charge in [0.05, 0.1) is 12.3 Å². The van der Waals surface area contributed by atoms with Gasteiger partial charge in [-0.2, -0.15) is 0 Å². The summed E-state index contributed by atoms with van der Waals surface area (Å²) in [6.07, 6.45) is 0.641. The van der Waals surface area contributed by atoms with Gasteiger partial charge in [-0.3, -0.25) is 10.1 Å². The molecule has 1 aromatic heterocycles. The number of carbonyl (C=O) groups excluding carboxylic acids is 1. The lowest BCUT2D eigenvalue weighted by atomic mass is 10.2. The molecule has 0 bridgehead atoms. The summed E-state index contributed by atoms with van der Waals surface area (Å²) in [7, 11) is 0. The molecule has 0 fully saturated rings. The first kappa shape index (κ1) is 18.3. The van der Waals surface area contributed by atoms with Gasteiger partial charge >= 0.3 is 0 Å². The summed E-state index contributed by atoms with van der Waals surface area (Å²) in [6, 6.07) is 14.6. The number of amides is 1. The number of ether oxygens (including phenoxy) is 3. The molecule has 0 radical (unpaired) electrons. The van der Waals surface area contributed by atoms with Gasteiger partial charge in [-0.1, -0.05) is 19.1 Å². The van der Waals surface area contributed by atoms with E-state index in [0.717, 1.165) is 23.6 Å². The van der Waals surface area contributed by atoms with Crippen LogP contribution in [0.15, 0.2) is 53.9 Å². The van der Waals surface area contributed by atoms with E-state index in [9.17, 15) is 4.79 Å². The highest BCUT2D eigenvalue weighted by Gasteiger charge is 2.24. The number of nitrogens with one attached hydrogen (secondary N) is 1. The molecule has 4 rings (SSSR count). The molecule has 0 spiro atoms. The van der Waals surface area contributed by atoms with Crippen molar-refractivity contribution < 1.29 is 19.0 Å². The third-order valence-electron chi connectivity index (χ3n) is 4.17. The molecule has 144 valence electrons. The molecule has 1 aliphatic rings. The minimum Gasteiger partial charge on any atom is -0.494 e. The minimum absolute atomic E-state index is 0.214. The Labute approximate surface area is 167 Å². The van der Waals surface area contributed by atoms with Gasteiger partial charge in [0, 0.05) is 10.9 Å². The average Bonchev–Trinajstić information content (AvgIpc) is 3.20. The molecule has 3 aromatic rings. The molecule has 7 heteroatoms. The smallest absolute Gasteiger partial charge is 0.257 e. The molecule has 1 atom stereocenters. The normalized spacial score (nSPS) is 15.1. The Bertz CT molecular complexity index is 955. The van der Waals surface area contributed by atoms with E-state index in [-0.39, 0.29) is 12.0 Å². The van der Waals surface area contributed by atoms with E-state index in [1.165, 1.54) is 11.3 Å². The quantitative estimate of drug-likeness (QED) is 0.654. The summed E-state index contributed by atoms with van der Waals surface area (Å²) >= 11 is 1.36. The number of rotatable bonds is 6.